The van der Waals surface area contributed by atoms with Crippen molar-refractivity contribution in [3.05, 3.63) is 72.5 Å². The Morgan fingerprint density at radius 3 is 2.44 bits per heavy atom. The number of aromatic nitrogens is 3. The Morgan fingerprint density at radius 1 is 0.906 bits per heavy atom. The van der Waals surface area contributed by atoms with Crippen molar-refractivity contribution in [2.45, 2.75) is 6.42 Å². The zero-order chi connectivity index (χ0) is 21.8. The molecule has 0 radical (unpaired) electrons. The summed E-state index contributed by atoms with van der Waals surface area (Å²) in [5.74, 6) is 0.633. The summed E-state index contributed by atoms with van der Waals surface area (Å²) >= 11 is 0. The standard InChI is InChI=1S/C25H26FN5O/c26-21-9-7-20(8-10-21)23-18-25-28-22(19-5-2-1-3-6-19)17-24(31(25)29-23)27-11-4-12-30-13-15-32-16-14-30/h1-3,5-10,17-18,27H,4,11-16H2. The molecule has 0 saturated carbocycles. The molecule has 2 aromatic carbocycles. The number of fused-ring (bicyclic) bond motifs is 1. The molecular formula is C25H26FN5O. The third-order valence-electron chi connectivity index (χ3n) is 5.70. The van der Waals surface area contributed by atoms with Crippen molar-refractivity contribution < 1.29 is 9.13 Å². The van der Waals surface area contributed by atoms with Crippen molar-refractivity contribution in [2.24, 2.45) is 0 Å². The summed E-state index contributed by atoms with van der Waals surface area (Å²) in [4.78, 5) is 7.27. The highest BCUT2D eigenvalue weighted by Gasteiger charge is 2.13. The molecule has 1 N–H and O–H groups in total. The summed E-state index contributed by atoms with van der Waals surface area (Å²) in [6.45, 7) is 5.50. The fraction of sp³-hybridized carbons (Fsp3) is 0.280. The van der Waals surface area contributed by atoms with Gasteiger partial charge in [0.25, 0.3) is 0 Å². The molecule has 6 nitrogen and oxygen atoms in total. The van der Waals surface area contributed by atoms with Crippen LogP contribution in [0.1, 0.15) is 6.42 Å². The summed E-state index contributed by atoms with van der Waals surface area (Å²) < 4.78 is 20.6. The lowest BCUT2D eigenvalue weighted by atomic mass is 10.1. The minimum Gasteiger partial charge on any atom is -0.379 e. The second-order valence-electron chi connectivity index (χ2n) is 7.93. The second-order valence-corrected chi connectivity index (χ2v) is 7.93. The van der Waals surface area contributed by atoms with Crippen molar-refractivity contribution in [3.63, 3.8) is 0 Å². The molecule has 32 heavy (non-hydrogen) atoms. The van der Waals surface area contributed by atoms with Crippen LogP contribution in [0, 0.1) is 5.82 Å². The first-order valence-electron chi connectivity index (χ1n) is 11.0. The van der Waals surface area contributed by atoms with Gasteiger partial charge in [-0.15, -0.1) is 0 Å². The fourth-order valence-corrected chi connectivity index (χ4v) is 3.96. The van der Waals surface area contributed by atoms with E-state index in [9.17, 15) is 4.39 Å². The van der Waals surface area contributed by atoms with Gasteiger partial charge in [-0.2, -0.15) is 9.61 Å². The summed E-state index contributed by atoms with van der Waals surface area (Å²) in [6.07, 6.45) is 1.02. The molecule has 1 aliphatic rings. The van der Waals surface area contributed by atoms with Crippen LogP contribution in [0.5, 0.6) is 0 Å². The van der Waals surface area contributed by atoms with E-state index in [-0.39, 0.29) is 5.82 Å². The Morgan fingerprint density at radius 2 is 1.66 bits per heavy atom. The van der Waals surface area contributed by atoms with Crippen molar-refractivity contribution in [1.82, 2.24) is 19.5 Å². The van der Waals surface area contributed by atoms with Crippen LogP contribution in [0.3, 0.4) is 0 Å². The number of hydrogen-bond donors (Lipinski definition) is 1. The molecule has 7 heteroatoms. The second kappa shape index (κ2) is 9.46. The van der Waals surface area contributed by atoms with Crippen molar-refractivity contribution in [1.29, 1.82) is 0 Å². The Labute approximate surface area is 186 Å². The molecule has 0 bridgehead atoms. The zero-order valence-electron chi connectivity index (χ0n) is 17.9. The number of nitrogens with zero attached hydrogens (tertiary/aromatic N) is 4. The van der Waals surface area contributed by atoms with E-state index in [1.54, 1.807) is 12.1 Å². The number of morpholine rings is 1. The van der Waals surface area contributed by atoms with Crippen molar-refractivity contribution in [3.8, 4) is 22.5 Å². The van der Waals surface area contributed by atoms with Gasteiger partial charge in [-0.3, -0.25) is 4.90 Å². The van der Waals surface area contributed by atoms with Gasteiger partial charge in [-0.25, -0.2) is 9.37 Å². The van der Waals surface area contributed by atoms with Gasteiger partial charge >= 0.3 is 0 Å². The van der Waals surface area contributed by atoms with Gasteiger partial charge < -0.3 is 10.1 Å². The number of rotatable bonds is 7. The van der Waals surface area contributed by atoms with E-state index in [2.05, 4.69) is 22.3 Å². The highest BCUT2D eigenvalue weighted by molar-refractivity contribution is 5.70. The van der Waals surface area contributed by atoms with Gasteiger partial charge in [0.1, 0.15) is 11.6 Å². The van der Waals surface area contributed by atoms with Crippen LogP contribution >= 0.6 is 0 Å². The molecular weight excluding hydrogens is 405 g/mol. The SMILES string of the molecule is Fc1ccc(-c2cc3nc(-c4ccccc4)cc(NCCCN4CCOCC4)n3n2)cc1. The first kappa shape index (κ1) is 20.6. The van der Waals surface area contributed by atoms with E-state index in [0.29, 0.717) is 0 Å². The predicted octanol–water partition coefficient (Wildman–Crippen LogP) is 4.34. The maximum atomic E-state index is 13.4. The van der Waals surface area contributed by atoms with Crippen LogP contribution in [0.25, 0.3) is 28.2 Å². The molecule has 0 atom stereocenters. The Kier molecular flexibility index (Phi) is 6.09. The van der Waals surface area contributed by atoms with E-state index in [1.807, 2.05) is 34.8 Å². The Hall–Kier alpha value is -3.29. The van der Waals surface area contributed by atoms with Crippen molar-refractivity contribution in [2.75, 3.05) is 44.7 Å². The maximum Gasteiger partial charge on any atom is 0.158 e. The van der Waals surface area contributed by atoms with Gasteiger partial charge in [0.15, 0.2) is 5.65 Å². The van der Waals surface area contributed by atoms with Crippen LogP contribution in [-0.4, -0.2) is 58.9 Å². The van der Waals surface area contributed by atoms with Gasteiger partial charge in [0.05, 0.1) is 24.6 Å². The summed E-state index contributed by atoms with van der Waals surface area (Å²) in [7, 11) is 0. The average Bonchev–Trinajstić information content (AvgIpc) is 3.28. The Bertz CT molecular complexity index is 1170. The highest BCUT2D eigenvalue weighted by atomic mass is 19.1. The van der Waals surface area contributed by atoms with Crippen LogP contribution < -0.4 is 5.32 Å². The molecule has 0 spiro atoms. The molecule has 1 saturated heterocycles. The van der Waals surface area contributed by atoms with E-state index in [4.69, 9.17) is 14.8 Å². The van der Waals surface area contributed by atoms with E-state index >= 15 is 0 Å². The third kappa shape index (κ3) is 4.64. The molecule has 0 amide bonds. The van der Waals surface area contributed by atoms with Gasteiger partial charge in [-0.1, -0.05) is 30.3 Å². The molecule has 0 aliphatic carbocycles. The first-order valence-corrected chi connectivity index (χ1v) is 11.0. The number of hydrogen-bond acceptors (Lipinski definition) is 5. The molecule has 5 rings (SSSR count). The van der Waals surface area contributed by atoms with Crippen LogP contribution in [0.2, 0.25) is 0 Å². The number of ether oxygens (including phenoxy) is 1. The van der Waals surface area contributed by atoms with Crippen molar-refractivity contribution >= 4 is 11.5 Å². The average molecular weight is 432 g/mol. The fourth-order valence-electron chi connectivity index (χ4n) is 3.96. The number of benzene rings is 2. The molecule has 4 aromatic rings. The lowest BCUT2D eigenvalue weighted by molar-refractivity contribution is 0.0378. The highest BCUT2D eigenvalue weighted by Crippen LogP contribution is 2.26. The predicted molar refractivity (Wildman–Crippen MR) is 124 cm³/mol. The smallest absolute Gasteiger partial charge is 0.158 e. The molecule has 2 aromatic heterocycles. The monoisotopic (exact) mass is 431 g/mol. The number of halogens is 1. The van der Waals surface area contributed by atoms with E-state index in [1.165, 1.54) is 12.1 Å². The summed E-state index contributed by atoms with van der Waals surface area (Å²) in [5.41, 5.74) is 4.31. The van der Waals surface area contributed by atoms with Gasteiger partial charge in [0.2, 0.25) is 0 Å². The van der Waals surface area contributed by atoms with Crippen LogP contribution in [0.4, 0.5) is 10.2 Å². The Balaban J connectivity index is 1.42. The summed E-state index contributed by atoms with van der Waals surface area (Å²) in [6, 6.07) is 20.5. The molecule has 1 aliphatic heterocycles. The molecule has 1 fully saturated rings. The molecule has 0 unspecified atom stereocenters. The zero-order valence-corrected chi connectivity index (χ0v) is 17.9. The van der Waals surface area contributed by atoms with Gasteiger partial charge in [0, 0.05) is 42.9 Å². The minimum absolute atomic E-state index is 0.260. The first-order chi connectivity index (χ1) is 15.8. The summed E-state index contributed by atoms with van der Waals surface area (Å²) in [5, 5.41) is 8.31. The van der Waals surface area contributed by atoms with Gasteiger partial charge in [-0.05, 0) is 37.2 Å². The van der Waals surface area contributed by atoms with Crippen LogP contribution in [-0.2, 0) is 4.74 Å². The van der Waals surface area contributed by atoms with E-state index in [0.717, 1.165) is 79.8 Å². The quantitative estimate of drug-likeness (QED) is 0.441. The largest absolute Gasteiger partial charge is 0.379 e. The molecule has 164 valence electrons. The van der Waals surface area contributed by atoms with Crippen LogP contribution in [0.15, 0.2) is 66.7 Å². The minimum atomic E-state index is -0.260. The maximum absolute atomic E-state index is 13.4. The lowest BCUT2D eigenvalue weighted by Crippen LogP contribution is -2.37. The normalized spacial score (nSPS) is 14.7. The number of anilines is 1. The van der Waals surface area contributed by atoms with E-state index < -0.39 is 0 Å². The lowest BCUT2D eigenvalue weighted by Gasteiger charge is -2.26. The third-order valence-corrected chi connectivity index (χ3v) is 5.70. The number of nitrogens with one attached hydrogen (secondary N) is 1. The molecule has 3 heterocycles. The topological polar surface area (TPSA) is 54.7 Å².